The summed E-state index contributed by atoms with van der Waals surface area (Å²) in [7, 11) is 0. The normalized spacial score (nSPS) is 15.3. The quantitative estimate of drug-likeness (QED) is 0.630. The molecule has 2 N–H and O–H groups in total. The summed E-state index contributed by atoms with van der Waals surface area (Å²) in [6, 6.07) is 20.5. The number of benzene rings is 2. The van der Waals surface area contributed by atoms with Crippen LogP contribution in [0.1, 0.15) is 36.5 Å². The predicted octanol–water partition coefficient (Wildman–Crippen LogP) is 3.35. The lowest BCUT2D eigenvalue weighted by Gasteiger charge is -2.19. The first kappa shape index (κ1) is 17.0. The summed E-state index contributed by atoms with van der Waals surface area (Å²) in [5.41, 5.74) is 3.37. The zero-order valence-electron chi connectivity index (χ0n) is 14.6. The van der Waals surface area contributed by atoms with Crippen LogP contribution < -0.4 is 10.6 Å². The van der Waals surface area contributed by atoms with Crippen molar-refractivity contribution in [1.29, 1.82) is 5.26 Å². The van der Waals surface area contributed by atoms with Crippen molar-refractivity contribution in [2.45, 2.75) is 31.7 Å². The van der Waals surface area contributed by atoms with E-state index in [1.807, 2.05) is 24.3 Å². The zero-order chi connectivity index (χ0) is 17.5. The van der Waals surface area contributed by atoms with Crippen molar-refractivity contribution in [1.82, 2.24) is 10.6 Å². The highest BCUT2D eigenvalue weighted by molar-refractivity contribution is 5.80. The van der Waals surface area contributed by atoms with Crippen molar-refractivity contribution >= 4 is 5.96 Å². The molecule has 0 saturated heterocycles. The van der Waals surface area contributed by atoms with Gasteiger partial charge >= 0.3 is 0 Å². The standard InChI is InChI=1S/C21H24N4/c1-2-23-20(24-15-18-8-6-7-17(13-18)14-22)25-16-21(11-12-21)19-9-4-3-5-10-19/h3-10,13H,2,11-12,15-16H2,1H3,(H2,23,24,25). The Labute approximate surface area is 149 Å². The van der Waals surface area contributed by atoms with Gasteiger partial charge in [-0.15, -0.1) is 0 Å². The summed E-state index contributed by atoms with van der Waals surface area (Å²) in [5, 5.41) is 15.8. The lowest BCUT2D eigenvalue weighted by Crippen LogP contribution is -2.41. The maximum absolute atomic E-state index is 9.00. The topological polar surface area (TPSA) is 60.2 Å². The molecule has 0 bridgehead atoms. The van der Waals surface area contributed by atoms with Gasteiger partial charge in [0.1, 0.15) is 0 Å². The fourth-order valence-corrected chi connectivity index (χ4v) is 3.01. The summed E-state index contributed by atoms with van der Waals surface area (Å²) in [4.78, 5) is 4.67. The highest BCUT2D eigenvalue weighted by Crippen LogP contribution is 2.47. The molecular weight excluding hydrogens is 308 g/mol. The van der Waals surface area contributed by atoms with Crippen LogP contribution in [0.15, 0.2) is 59.6 Å². The van der Waals surface area contributed by atoms with Gasteiger partial charge in [-0.1, -0.05) is 42.5 Å². The van der Waals surface area contributed by atoms with E-state index in [9.17, 15) is 0 Å². The molecule has 4 nitrogen and oxygen atoms in total. The second-order valence-corrected chi connectivity index (χ2v) is 6.51. The SMILES string of the molecule is CCNC(=NCc1cccc(C#N)c1)NCC1(c2ccccc2)CC1. The van der Waals surface area contributed by atoms with Crippen LogP contribution in [0, 0.1) is 11.3 Å². The van der Waals surface area contributed by atoms with Crippen LogP contribution in [-0.4, -0.2) is 19.0 Å². The average Bonchev–Trinajstić information content (AvgIpc) is 3.46. The first-order chi connectivity index (χ1) is 12.3. The number of nitriles is 1. The molecule has 0 aromatic heterocycles. The van der Waals surface area contributed by atoms with Crippen LogP contribution in [0.3, 0.4) is 0 Å². The van der Waals surface area contributed by atoms with Gasteiger partial charge in [0.25, 0.3) is 0 Å². The third-order valence-corrected chi connectivity index (χ3v) is 4.65. The third kappa shape index (κ3) is 4.39. The van der Waals surface area contributed by atoms with Crippen molar-refractivity contribution in [2.75, 3.05) is 13.1 Å². The highest BCUT2D eigenvalue weighted by atomic mass is 15.2. The Morgan fingerprint density at radius 1 is 1.12 bits per heavy atom. The molecule has 2 aromatic rings. The van der Waals surface area contributed by atoms with E-state index in [0.717, 1.165) is 24.6 Å². The lowest BCUT2D eigenvalue weighted by atomic mass is 9.96. The van der Waals surface area contributed by atoms with Gasteiger partial charge in [-0.2, -0.15) is 5.26 Å². The van der Waals surface area contributed by atoms with E-state index in [0.29, 0.717) is 12.1 Å². The molecule has 4 heteroatoms. The summed E-state index contributed by atoms with van der Waals surface area (Å²) < 4.78 is 0. The molecule has 25 heavy (non-hydrogen) atoms. The molecule has 0 atom stereocenters. The van der Waals surface area contributed by atoms with Crippen molar-refractivity contribution in [3.63, 3.8) is 0 Å². The summed E-state index contributed by atoms with van der Waals surface area (Å²) in [6.45, 7) is 4.34. The van der Waals surface area contributed by atoms with Gasteiger partial charge in [0.2, 0.25) is 0 Å². The molecule has 1 fully saturated rings. The Balaban J connectivity index is 1.64. The predicted molar refractivity (Wildman–Crippen MR) is 101 cm³/mol. The number of hydrogen-bond donors (Lipinski definition) is 2. The minimum Gasteiger partial charge on any atom is -0.357 e. The molecular formula is C21H24N4. The lowest BCUT2D eigenvalue weighted by molar-refractivity contribution is 0.646. The number of guanidine groups is 1. The van der Waals surface area contributed by atoms with E-state index in [1.165, 1.54) is 18.4 Å². The molecule has 1 aliphatic rings. The van der Waals surface area contributed by atoms with Gasteiger partial charge in [-0.25, -0.2) is 4.99 Å². The summed E-state index contributed by atoms with van der Waals surface area (Å²) >= 11 is 0. The molecule has 1 aliphatic carbocycles. The Morgan fingerprint density at radius 3 is 2.60 bits per heavy atom. The van der Waals surface area contributed by atoms with Gasteiger partial charge in [0.15, 0.2) is 5.96 Å². The van der Waals surface area contributed by atoms with E-state index in [2.05, 4.69) is 59.0 Å². The van der Waals surface area contributed by atoms with Crippen molar-refractivity contribution in [3.8, 4) is 6.07 Å². The smallest absolute Gasteiger partial charge is 0.191 e. The minimum absolute atomic E-state index is 0.248. The van der Waals surface area contributed by atoms with Crippen molar-refractivity contribution in [2.24, 2.45) is 4.99 Å². The molecule has 0 unspecified atom stereocenters. The summed E-state index contributed by atoms with van der Waals surface area (Å²) in [5.74, 6) is 0.826. The van der Waals surface area contributed by atoms with Crippen molar-refractivity contribution in [3.05, 3.63) is 71.3 Å². The molecule has 0 spiro atoms. The fourth-order valence-electron chi connectivity index (χ4n) is 3.01. The van der Waals surface area contributed by atoms with Gasteiger partial charge in [0, 0.05) is 18.5 Å². The van der Waals surface area contributed by atoms with Crippen molar-refractivity contribution < 1.29 is 0 Å². The molecule has 3 rings (SSSR count). The molecule has 0 radical (unpaired) electrons. The number of nitrogens with one attached hydrogen (secondary N) is 2. The van der Waals surface area contributed by atoms with E-state index >= 15 is 0 Å². The van der Waals surface area contributed by atoms with E-state index in [4.69, 9.17) is 5.26 Å². The second-order valence-electron chi connectivity index (χ2n) is 6.51. The molecule has 0 amide bonds. The van der Waals surface area contributed by atoms with E-state index < -0.39 is 0 Å². The Kier molecular flexibility index (Phi) is 5.35. The van der Waals surface area contributed by atoms with Gasteiger partial charge in [0.05, 0.1) is 18.2 Å². The van der Waals surface area contributed by atoms with Crippen LogP contribution in [0.5, 0.6) is 0 Å². The Bertz CT molecular complexity index is 770. The largest absolute Gasteiger partial charge is 0.357 e. The van der Waals surface area contributed by atoms with Gasteiger partial charge in [-0.05, 0) is 43.0 Å². The van der Waals surface area contributed by atoms with Crippen LogP contribution in [0.25, 0.3) is 0 Å². The monoisotopic (exact) mass is 332 g/mol. The van der Waals surface area contributed by atoms with E-state index in [1.54, 1.807) is 0 Å². The first-order valence-corrected chi connectivity index (χ1v) is 8.82. The molecule has 0 heterocycles. The number of hydrogen-bond acceptors (Lipinski definition) is 2. The Morgan fingerprint density at radius 2 is 1.92 bits per heavy atom. The minimum atomic E-state index is 0.248. The summed E-state index contributed by atoms with van der Waals surface area (Å²) in [6.07, 6.45) is 2.43. The maximum atomic E-state index is 9.00. The first-order valence-electron chi connectivity index (χ1n) is 8.82. The maximum Gasteiger partial charge on any atom is 0.191 e. The van der Waals surface area contributed by atoms with Gasteiger partial charge in [-0.3, -0.25) is 0 Å². The number of nitrogens with zero attached hydrogens (tertiary/aromatic N) is 2. The van der Waals surface area contributed by atoms with Crippen LogP contribution in [-0.2, 0) is 12.0 Å². The van der Waals surface area contributed by atoms with Gasteiger partial charge < -0.3 is 10.6 Å². The van der Waals surface area contributed by atoms with Crippen LogP contribution >= 0.6 is 0 Å². The number of rotatable bonds is 6. The number of aliphatic imine (C=N–C) groups is 1. The third-order valence-electron chi connectivity index (χ3n) is 4.65. The molecule has 128 valence electrons. The highest BCUT2D eigenvalue weighted by Gasteiger charge is 2.43. The fraction of sp³-hybridized carbons (Fsp3) is 0.333. The second kappa shape index (κ2) is 7.85. The van der Waals surface area contributed by atoms with Crippen LogP contribution in [0.4, 0.5) is 0 Å². The molecule has 2 aromatic carbocycles. The van der Waals surface area contributed by atoms with Crippen LogP contribution in [0.2, 0.25) is 0 Å². The molecule has 0 aliphatic heterocycles. The zero-order valence-corrected chi connectivity index (χ0v) is 14.6. The average molecular weight is 332 g/mol. The molecule has 1 saturated carbocycles. The van der Waals surface area contributed by atoms with E-state index in [-0.39, 0.29) is 5.41 Å². The Hall–Kier alpha value is -2.80.